The predicted molar refractivity (Wildman–Crippen MR) is 72.2 cm³/mol. The molecule has 106 valence electrons. The molecular weight excluding hydrogens is 246 g/mol. The lowest BCUT2D eigenvalue weighted by molar-refractivity contribution is 0.207. The zero-order valence-electron chi connectivity index (χ0n) is 11.3. The lowest BCUT2D eigenvalue weighted by Crippen LogP contribution is -2.36. The lowest BCUT2D eigenvalue weighted by Gasteiger charge is -2.34. The Morgan fingerprint density at radius 1 is 1.37 bits per heavy atom. The molecule has 1 aromatic rings. The van der Waals surface area contributed by atoms with Crippen molar-refractivity contribution in [1.29, 1.82) is 0 Å². The molecular formula is C15H22F2N2. The molecule has 3 atom stereocenters. The van der Waals surface area contributed by atoms with Crippen LogP contribution in [0.1, 0.15) is 50.6 Å². The lowest BCUT2D eigenvalue weighted by atomic mass is 9.75. The number of nitrogens with two attached hydrogens (primary N) is 1. The van der Waals surface area contributed by atoms with Crippen LogP contribution in [0.3, 0.4) is 0 Å². The fraction of sp³-hybridized carbons (Fsp3) is 0.600. The molecule has 4 heteroatoms. The highest BCUT2D eigenvalue weighted by molar-refractivity contribution is 5.23. The van der Waals surface area contributed by atoms with Gasteiger partial charge in [0.05, 0.1) is 6.04 Å². The number of halogens is 2. The topological polar surface area (TPSA) is 38.0 Å². The van der Waals surface area contributed by atoms with Crippen molar-refractivity contribution in [2.45, 2.75) is 45.1 Å². The van der Waals surface area contributed by atoms with Crippen molar-refractivity contribution in [3.63, 3.8) is 0 Å². The van der Waals surface area contributed by atoms with Crippen molar-refractivity contribution >= 4 is 0 Å². The Bertz CT molecular complexity index is 423. The molecule has 0 bridgehead atoms. The monoisotopic (exact) mass is 268 g/mol. The van der Waals surface area contributed by atoms with Gasteiger partial charge in [0.15, 0.2) is 0 Å². The third kappa shape index (κ3) is 3.31. The molecule has 1 aliphatic rings. The van der Waals surface area contributed by atoms with Gasteiger partial charge in [0.1, 0.15) is 11.6 Å². The molecule has 0 spiro atoms. The number of hydrogen-bond acceptors (Lipinski definition) is 2. The molecule has 0 saturated heterocycles. The first-order valence-electron chi connectivity index (χ1n) is 7.06. The minimum absolute atomic E-state index is 0.227. The number of hydrogen-bond donors (Lipinski definition) is 2. The summed E-state index contributed by atoms with van der Waals surface area (Å²) in [6.45, 7) is 2.19. The van der Waals surface area contributed by atoms with Crippen LogP contribution in [-0.4, -0.2) is 0 Å². The van der Waals surface area contributed by atoms with Gasteiger partial charge in [0.2, 0.25) is 0 Å². The molecule has 1 fully saturated rings. The molecule has 1 aliphatic carbocycles. The van der Waals surface area contributed by atoms with Crippen LogP contribution < -0.4 is 11.3 Å². The average Bonchev–Trinajstić information content (AvgIpc) is 2.42. The zero-order chi connectivity index (χ0) is 13.8. The van der Waals surface area contributed by atoms with E-state index < -0.39 is 11.6 Å². The maximum atomic E-state index is 13.9. The minimum atomic E-state index is -0.549. The Morgan fingerprint density at radius 3 is 2.79 bits per heavy atom. The van der Waals surface area contributed by atoms with Gasteiger partial charge >= 0.3 is 0 Å². The SMILES string of the molecule is CCC1CCCC(C(NN)c2ccc(F)cc2F)C1. The van der Waals surface area contributed by atoms with Gasteiger partial charge in [-0.2, -0.15) is 0 Å². The molecule has 0 aliphatic heterocycles. The minimum Gasteiger partial charge on any atom is -0.271 e. The summed E-state index contributed by atoms with van der Waals surface area (Å²) in [5, 5.41) is 0. The maximum absolute atomic E-state index is 13.9. The van der Waals surface area contributed by atoms with E-state index in [-0.39, 0.29) is 6.04 Å². The standard InChI is InChI=1S/C15H22F2N2/c1-2-10-4-3-5-11(8-10)15(19-18)13-7-6-12(16)9-14(13)17/h6-7,9-11,15,19H,2-5,8,18H2,1H3. The van der Waals surface area contributed by atoms with Crippen LogP contribution in [0.2, 0.25) is 0 Å². The van der Waals surface area contributed by atoms with Crippen molar-refractivity contribution in [2.24, 2.45) is 17.7 Å². The molecule has 0 radical (unpaired) electrons. The largest absolute Gasteiger partial charge is 0.271 e. The fourth-order valence-electron chi connectivity index (χ4n) is 3.24. The van der Waals surface area contributed by atoms with Crippen LogP contribution in [0.15, 0.2) is 18.2 Å². The number of hydrazine groups is 1. The van der Waals surface area contributed by atoms with Gasteiger partial charge < -0.3 is 0 Å². The van der Waals surface area contributed by atoms with E-state index in [0.29, 0.717) is 17.4 Å². The Morgan fingerprint density at radius 2 is 2.16 bits per heavy atom. The molecule has 1 aromatic carbocycles. The quantitative estimate of drug-likeness (QED) is 0.645. The van der Waals surface area contributed by atoms with Gasteiger partial charge in [0, 0.05) is 11.6 Å². The molecule has 0 heterocycles. The van der Waals surface area contributed by atoms with Gasteiger partial charge in [-0.3, -0.25) is 11.3 Å². The van der Waals surface area contributed by atoms with E-state index in [9.17, 15) is 8.78 Å². The second kappa shape index (κ2) is 6.44. The Balaban J connectivity index is 2.19. The fourth-order valence-corrected chi connectivity index (χ4v) is 3.24. The average molecular weight is 268 g/mol. The van der Waals surface area contributed by atoms with E-state index in [1.165, 1.54) is 18.6 Å². The third-order valence-corrected chi connectivity index (χ3v) is 4.35. The molecule has 3 unspecified atom stereocenters. The van der Waals surface area contributed by atoms with Crippen LogP contribution >= 0.6 is 0 Å². The highest BCUT2D eigenvalue weighted by Crippen LogP contribution is 2.38. The third-order valence-electron chi connectivity index (χ3n) is 4.35. The molecule has 3 N–H and O–H groups in total. The second-order valence-electron chi connectivity index (χ2n) is 5.51. The number of benzene rings is 1. The van der Waals surface area contributed by atoms with Gasteiger partial charge in [-0.15, -0.1) is 0 Å². The van der Waals surface area contributed by atoms with Gasteiger partial charge in [-0.25, -0.2) is 8.78 Å². The van der Waals surface area contributed by atoms with Crippen molar-refractivity contribution in [2.75, 3.05) is 0 Å². The van der Waals surface area contributed by atoms with Gasteiger partial charge in [0.25, 0.3) is 0 Å². The Hall–Kier alpha value is -1.00. The molecule has 1 saturated carbocycles. The van der Waals surface area contributed by atoms with Crippen LogP contribution in [0.25, 0.3) is 0 Å². The first-order valence-corrected chi connectivity index (χ1v) is 7.06. The van der Waals surface area contributed by atoms with Crippen LogP contribution in [0, 0.1) is 23.5 Å². The van der Waals surface area contributed by atoms with Crippen LogP contribution in [-0.2, 0) is 0 Å². The first-order chi connectivity index (χ1) is 9.15. The molecule has 2 rings (SSSR count). The zero-order valence-corrected chi connectivity index (χ0v) is 11.3. The summed E-state index contributed by atoms with van der Waals surface area (Å²) in [4.78, 5) is 0. The van der Waals surface area contributed by atoms with E-state index in [4.69, 9.17) is 5.84 Å². The maximum Gasteiger partial charge on any atom is 0.130 e. The normalized spacial score (nSPS) is 25.3. The predicted octanol–water partition coefficient (Wildman–Crippen LogP) is 3.69. The summed E-state index contributed by atoms with van der Waals surface area (Å²) in [5.74, 6) is 5.57. The van der Waals surface area contributed by atoms with E-state index in [1.807, 2.05) is 0 Å². The highest BCUT2D eigenvalue weighted by Gasteiger charge is 2.29. The molecule has 2 nitrogen and oxygen atoms in total. The van der Waals surface area contributed by atoms with E-state index in [0.717, 1.165) is 31.7 Å². The summed E-state index contributed by atoms with van der Waals surface area (Å²) >= 11 is 0. The van der Waals surface area contributed by atoms with E-state index in [2.05, 4.69) is 12.3 Å². The number of rotatable bonds is 4. The smallest absolute Gasteiger partial charge is 0.130 e. The van der Waals surface area contributed by atoms with Crippen molar-refractivity contribution in [3.8, 4) is 0 Å². The molecule has 0 amide bonds. The number of nitrogens with one attached hydrogen (secondary N) is 1. The van der Waals surface area contributed by atoms with Crippen LogP contribution in [0.5, 0.6) is 0 Å². The second-order valence-corrected chi connectivity index (χ2v) is 5.51. The Kier molecular flexibility index (Phi) is 4.88. The summed E-state index contributed by atoms with van der Waals surface area (Å²) in [5.41, 5.74) is 3.21. The molecule has 0 aromatic heterocycles. The summed E-state index contributed by atoms with van der Waals surface area (Å²) in [6, 6.07) is 3.50. The van der Waals surface area contributed by atoms with Gasteiger partial charge in [-0.1, -0.05) is 32.3 Å². The van der Waals surface area contributed by atoms with E-state index in [1.54, 1.807) is 0 Å². The van der Waals surface area contributed by atoms with Crippen molar-refractivity contribution in [1.82, 2.24) is 5.43 Å². The van der Waals surface area contributed by atoms with Gasteiger partial charge in [-0.05, 0) is 30.7 Å². The first kappa shape index (κ1) is 14.4. The summed E-state index contributed by atoms with van der Waals surface area (Å²) in [6.07, 6.45) is 5.66. The van der Waals surface area contributed by atoms with Crippen LogP contribution in [0.4, 0.5) is 8.78 Å². The molecule has 19 heavy (non-hydrogen) atoms. The Labute approximate surface area is 113 Å². The van der Waals surface area contributed by atoms with Crippen molar-refractivity contribution in [3.05, 3.63) is 35.4 Å². The summed E-state index contributed by atoms with van der Waals surface area (Å²) in [7, 11) is 0. The highest BCUT2D eigenvalue weighted by atomic mass is 19.1. The van der Waals surface area contributed by atoms with E-state index >= 15 is 0 Å². The summed E-state index contributed by atoms with van der Waals surface area (Å²) < 4.78 is 26.9. The van der Waals surface area contributed by atoms with Crippen molar-refractivity contribution < 1.29 is 8.78 Å².